The molecule has 0 aliphatic carbocycles. The summed E-state index contributed by atoms with van der Waals surface area (Å²) in [5.74, 6) is -1.89. The van der Waals surface area contributed by atoms with Gasteiger partial charge in [-0.1, -0.05) is 72.8 Å². The van der Waals surface area contributed by atoms with Gasteiger partial charge in [0.1, 0.15) is 11.9 Å². The summed E-state index contributed by atoms with van der Waals surface area (Å²) in [5.41, 5.74) is 7.85. The maximum Gasteiger partial charge on any atom is 0.240 e. The molecule has 0 saturated carbocycles. The lowest BCUT2D eigenvalue weighted by Gasteiger charge is -2.22. The highest BCUT2D eigenvalue weighted by Gasteiger charge is 2.27. The first kappa shape index (κ1) is 19.3. The van der Waals surface area contributed by atoms with Gasteiger partial charge in [0.25, 0.3) is 0 Å². The van der Waals surface area contributed by atoms with Crippen molar-refractivity contribution >= 4 is 11.8 Å². The second-order valence-corrected chi connectivity index (χ2v) is 6.55. The van der Waals surface area contributed by atoms with E-state index in [1.807, 2.05) is 60.7 Å². The normalized spacial score (nSPS) is 11.8. The molecule has 0 aliphatic heterocycles. The van der Waals surface area contributed by atoms with E-state index in [1.165, 1.54) is 12.1 Å². The van der Waals surface area contributed by atoms with E-state index in [2.05, 4.69) is 5.32 Å². The van der Waals surface area contributed by atoms with E-state index in [-0.39, 0.29) is 18.1 Å². The lowest BCUT2D eigenvalue weighted by molar-refractivity contribution is -0.127. The number of carbonyl (C=O) groups is 2. The summed E-state index contributed by atoms with van der Waals surface area (Å²) in [4.78, 5) is 25.1. The summed E-state index contributed by atoms with van der Waals surface area (Å²) in [6.45, 7) is 0. The number of carbonyl (C=O) groups excluding carboxylic acids is 2. The average molecular weight is 376 g/mol. The van der Waals surface area contributed by atoms with E-state index in [1.54, 1.807) is 12.1 Å². The van der Waals surface area contributed by atoms with Crippen molar-refractivity contribution in [2.24, 2.45) is 5.73 Å². The zero-order valence-corrected chi connectivity index (χ0v) is 15.2. The summed E-state index contributed by atoms with van der Waals surface area (Å²) in [7, 11) is 0. The monoisotopic (exact) mass is 376 g/mol. The van der Waals surface area contributed by atoms with Crippen molar-refractivity contribution in [2.75, 3.05) is 0 Å². The van der Waals surface area contributed by atoms with Gasteiger partial charge in [-0.05, 0) is 28.8 Å². The van der Waals surface area contributed by atoms with Crippen molar-refractivity contribution in [3.05, 3.63) is 107 Å². The molecule has 0 unspecified atom stereocenters. The first-order valence-corrected chi connectivity index (χ1v) is 8.98. The Morgan fingerprint density at radius 1 is 0.821 bits per heavy atom. The number of nitrogens with one attached hydrogen (secondary N) is 1. The van der Waals surface area contributed by atoms with Gasteiger partial charge in [-0.25, -0.2) is 4.39 Å². The summed E-state index contributed by atoms with van der Waals surface area (Å²) in [6.07, 6.45) is 0.192. The fourth-order valence-corrected chi connectivity index (χ4v) is 3.12. The summed E-state index contributed by atoms with van der Waals surface area (Å²) < 4.78 is 13.1. The zero-order valence-electron chi connectivity index (χ0n) is 15.2. The minimum Gasteiger partial charge on any atom is -0.368 e. The highest BCUT2D eigenvalue weighted by Crippen LogP contribution is 2.25. The average Bonchev–Trinajstić information content (AvgIpc) is 2.71. The molecule has 3 aromatic rings. The Morgan fingerprint density at radius 2 is 1.32 bits per heavy atom. The number of rotatable bonds is 7. The molecule has 3 rings (SSSR count). The maximum atomic E-state index is 13.1. The van der Waals surface area contributed by atoms with Crippen molar-refractivity contribution in [2.45, 2.75) is 18.4 Å². The molecule has 0 spiro atoms. The van der Waals surface area contributed by atoms with Crippen LogP contribution in [-0.2, 0) is 16.0 Å². The van der Waals surface area contributed by atoms with Gasteiger partial charge in [0, 0.05) is 6.42 Å². The van der Waals surface area contributed by atoms with Gasteiger partial charge in [-0.15, -0.1) is 0 Å². The molecule has 142 valence electrons. The number of hydrogen-bond acceptors (Lipinski definition) is 2. The van der Waals surface area contributed by atoms with Gasteiger partial charge >= 0.3 is 0 Å². The highest BCUT2D eigenvalue weighted by molar-refractivity contribution is 5.92. The van der Waals surface area contributed by atoms with E-state index in [0.29, 0.717) is 5.56 Å². The van der Waals surface area contributed by atoms with Crippen molar-refractivity contribution < 1.29 is 14.0 Å². The number of primary amides is 1. The van der Waals surface area contributed by atoms with Crippen molar-refractivity contribution in [3.8, 4) is 0 Å². The third kappa shape index (κ3) is 4.82. The molecule has 3 aromatic carbocycles. The molecule has 0 heterocycles. The third-order valence-electron chi connectivity index (χ3n) is 4.54. The molecular formula is C23H21FN2O2. The van der Waals surface area contributed by atoms with Crippen LogP contribution in [-0.4, -0.2) is 17.9 Å². The predicted molar refractivity (Wildman–Crippen MR) is 106 cm³/mol. The van der Waals surface area contributed by atoms with Crippen LogP contribution < -0.4 is 11.1 Å². The van der Waals surface area contributed by atoms with Crippen LogP contribution in [0.3, 0.4) is 0 Å². The highest BCUT2D eigenvalue weighted by atomic mass is 19.1. The molecule has 1 atom stereocenters. The van der Waals surface area contributed by atoms with E-state index >= 15 is 0 Å². The Balaban J connectivity index is 1.85. The lowest BCUT2D eigenvalue weighted by Crippen LogP contribution is -2.47. The Kier molecular flexibility index (Phi) is 6.17. The van der Waals surface area contributed by atoms with E-state index in [9.17, 15) is 14.0 Å². The first-order valence-electron chi connectivity index (χ1n) is 8.98. The van der Waals surface area contributed by atoms with E-state index in [4.69, 9.17) is 5.73 Å². The number of hydrogen-bond donors (Lipinski definition) is 2. The van der Waals surface area contributed by atoms with Crippen LogP contribution in [0.15, 0.2) is 84.9 Å². The molecule has 0 aliphatic rings. The Morgan fingerprint density at radius 3 is 1.79 bits per heavy atom. The van der Waals surface area contributed by atoms with Gasteiger partial charge in [0.05, 0.1) is 5.92 Å². The van der Waals surface area contributed by atoms with Crippen molar-refractivity contribution in [1.82, 2.24) is 5.32 Å². The SMILES string of the molecule is NC(=O)[C@H](Cc1ccc(F)cc1)NC(=O)C(c1ccccc1)c1ccccc1. The third-order valence-corrected chi connectivity index (χ3v) is 4.54. The Hall–Kier alpha value is -3.47. The second kappa shape index (κ2) is 8.95. The molecule has 28 heavy (non-hydrogen) atoms. The number of benzene rings is 3. The first-order chi connectivity index (χ1) is 13.5. The molecule has 2 amide bonds. The molecule has 5 heteroatoms. The lowest BCUT2D eigenvalue weighted by atomic mass is 9.90. The van der Waals surface area contributed by atoms with Crippen LogP contribution in [0.2, 0.25) is 0 Å². The van der Waals surface area contributed by atoms with E-state index in [0.717, 1.165) is 11.1 Å². The Labute approximate surface area is 163 Å². The van der Waals surface area contributed by atoms with Gasteiger partial charge in [-0.2, -0.15) is 0 Å². The molecule has 3 N–H and O–H groups in total. The zero-order chi connectivity index (χ0) is 19.9. The molecule has 0 fully saturated rings. The molecule has 4 nitrogen and oxygen atoms in total. The minimum absolute atomic E-state index is 0.192. The summed E-state index contributed by atoms with van der Waals surface area (Å²) in [5, 5.41) is 2.77. The fourth-order valence-electron chi connectivity index (χ4n) is 3.12. The van der Waals surface area contributed by atoms with Crippen LogP contribution in [0, 0.1) is 5.82 Å². The van der Waals surface area contributed by atoms with Crippen LogP contribution in [0.1, 0.15) is 22.6 Å². The van der Waals surface area contributed by atoms with Gasteiger partial charge < -0.3 is 11.1 Å². The molecule has 0 aromatic heterocycles. The maximum absolute atomic E-state index is 13.1. The molecular weight excluding hydrogens is 355 g/mol. The topological polar surface area (TPSA) is 72.2 Å². The number of nitrogens with two attached hydrogens (primary N) is 1. The predicted octanol–water partition coefficient (Wildman–Crippen LogP) is 3.17. The standard InChI is InChI=1S/C23H21FN2O2/c24-19-13-11-16(12-14-19)15-20(22(25)27)26-23(28)21(17-7-3-1-4-8-17)18-9-5-2-6-10-18/h1-14,20-21H,15H2,(H2,25,27)(H,26,28)/t20-/m0/s1. The van der Waals surface area contributed by atoms with Gasteiger partial charge in [-0.3, -0.25) is 9.59 Å². The fraction of sp³-hybridized carbons (Fsp3) is 0.130. The van der Waals surface area contributed by atoms with Crippen LogP contribution in [0.5, 0.6) is 0 Å². The van der Waals surface area contributed by atoms with Gasteiger partial charge in [0.2, 0.25) is 11.8 Å². The number of halogens is 1. The van der Waals surface area contributed by atoms with Crippen molar-refractivity contribution in [3.63, 3.8) is 0 Å². The van der Waals surface area contributed by atoms with Crippen molar-refractivity contribution in [1.29, 1.82) is 0 Å². The van der Waals surface area contributed by atoms with E-state index < -0.39 is 17.9 Å². The Bertz CT molecular complexity index is 888. The number of amides is 2. The molecule has 0 saturated heterocycles. The molecule has 0 bridgehead atoms. The summed E-state index contributed by atoms with van der Waals surface area (Å²) >= 11 is 0. The summed E-state index contributed by atoms with van der Waals surface area (Å²) in [6, 6.07) is 23.6. The smallest absolute Gasteiger partial charge is 0.240 e. The van der Waals surface area contributed by atoms with Crippen LogP contribution in [0.4, 0.5) is 4.39 Å². The van der Waals surface area contributed by atoms with Crippen LogP contribution >= 0.6 is 0 Å². The van der Waals surface area contributed by atoms with Gasteiger partial charge in [0.15, 0.2) is 0 Å². The second-order valence-electron chi connectivity index (χ2n) is 6.55. The quantitative estimate of drug-likeness (QED) is 0.665. The molecule has 0 radical (unpaired) electrons. The largest absolute Gasteiger partial charge is 0.368 e. The van der Waals surface area contributed by atoms with Crippen LogP contribution in [0.25, 0.3) is 0 Å². The minimum atomic E-state index is -0.895.